The van der Waals surface area contributed by atoms with E-state index < -0.39 is 65.8 Å². The van der Waals surface area contributed by atoms with E-state index in [0.717, 1.165) is 0 Å². The Balaban J connectivity index is 2.99. The van der Waals surface area contributed by atoms with E-state index in [4.69, 9.17) is 11.5 Å². The van der Waals surface area contributed by atoms with Gasteiger partial charge in [0.2, 0.25) is 23.6 Å². The van der Waals surface area contributed by atoms with Gasteiger partial charge in [0.15, 0.2) is 0 Å². The number of benzene rings is 1. The van der Waals surface area contributed by atoms with Gasteiger partial charge < -0.3 is 37.6 Å². The lowest BCUT2D eigenvalue weighted by Crippen LogP contribution is -2.59. The molecule has 1 aromatic rings. The second kappa shape index (κ2) is 14.0. The van der Waals surface area contributed by atoms with E-state index in [-0.39, 0.29) is 19.3 Å². The summed E-state index contributed by atoms with van der Waals surface area (Å²) >= 11 is 0. The van der Waals surface area contributed by atoms with Crippen molar-refractivity contribution in [3.05, 3.63) is 35.9 Å². The van der Waals surface area contributed by atoms with Crippen molar-refractivity contribution in [2.45, 2.75) is 70.3 Å². The van der Waals surface area contributed by atoms with E-state index in [1.807, 2.05) is 0 Å². The van der Waals surface area contributed by atoms with Crippen LogP contribution in [-0.2, 0) is 30.4 Å². The smallest absolute Gasteiger partial charge is 0.326 e. The monoisotopic (exact) mass is 493 g/mol. The number of aliphatic carboxylic acids is 1. The van der Waals surface area contributed by atoms with Crippen LogP contribution in [0.1, 0.15) is 39.2 Å². The lowest BCUT2D eigenvalue weighted by molar-refractivity contribution is -0.142. The highest BCUT2D eigenvalue weighted by molar-refractivity contribution is 5.94. The third kappa shape index (κ3) is 10.1. The van der Waals surface area contributed by atoms with E-state index in [2.05, 4.69) is 16.0 Å². The Bertz CT molecular complexity index is 892. The van der Waals surface area contributed by atoms with Crippen LogP contribution in [0, 0.1) is 5.92 Å². The molecule has 0 bridgehead atoms. The Labute approximate surface area is 203 Å². The Kier molecular flexibility index (Phi) is 11.8. The average Bonchev–Trinajstić information content (AvgIpc) is 2.78. The predicted octanol–water partition coefficient (Wildman–Crippen LogP) is -1.60. The first-order valence-electron chi connectivity index (χ1n) is 11.2. The van der Waals surface area contributed by atoms with Gasteiger partial charge >= 0.3 is 5.97 Å². The van der Waals surface area contributed by atoms with Gasteiger partial charge in [-0.2, -0.15) is 0 Å². The SMILES string of the molecule is CC(C)C(NC(=O)C(CCC(N)=O)NC(=O)C(N)C(C)O)C(=O)NC(Cc1ccccc1)C(=O)O. The molecule has 0 aliphatic heterocycles. The summed E-state index contributed by atoms with van der Waals surface area (Å²) in [5, 5.41) is 26.4. The van der Waals surface area contributed by atoms with Crippen LogP contribution in [0.3, 0.4) is 0 Å². The fraction of sp³-hybridized carbons (Fsp3) is 0.522. The minimum Gasteiger partial charge on any atom is -0.480 e. The summed E-state index contributed by atoms with van der Waals surface area (Å²) in [4.78, 5) is 61.1. The fourth-order valence-electron chi connectivity index (χ4n) is 3.14. The van der Waals surface area contributed by atoms with Crippen LogP contribution in [-0.4, -0.2) is 70.1 Å². The number of aliphatic hydroxyl groups excluding tert-OH is 1. The topological polar surface area (TPSA) is 214 Å². The summed E-state index contributed by atoms with van der Waals surface area (Å²) in [6.45, 7) is 4.60. The molecular formula is C23H35N5O7. The zero-order chi connectivity index (χ0) is 26.7. The van der Waals surface area contributed by atoms with Crippen LogP contribution in [0.2, 0.25) is 0 Å². The Morgan fingerprint density at radius 3 is 1.94 bits per heavy atom. The van der Waals surface area contributed by atoms with Crippen molar-refractivity contribution in [3.63, 3.8) is 0 Å². The van der Waals surface area contributed by atoms with Gasteiger partial charge in [0.25, 0.3) is 0 Å². The maximum Gasteiger partial charge on any atom is 0.326 e. The first-order chi connectivity index (χ1) is 16.3. The number of rotatable bonds is 14. The number of hydrogen-bond acceptors (Lipinski definition) is 7. The van der Waals surface area contributed by atoms with Gasteiger partial charge in [0.05, 0.1) is 6.10 Å². The molecule has 12 nitrogen and oxygen atoms in total. The van der Waals surface area contributed by atoms with E-state index in [1.165, 1.54) is 6.92 Å². The summed E-state index contributed by atoms with van der Waals surface area (Å²) in [6.07, 6.45) is -1.56. The fourth-order valence-corrected chi connectivity index (χ4v) is 3.14. The van der Waals surface area contributed by atoms with Gasteiger partial charge in [-0.25, -0.2) is 4.79 Å². The van der Waals surface area contributed by atoms with Gasteiger partial charge in [0.1, 0.15) is 24.2 Å². The van der Waals surface area contributed by atoms with Crippen LogP contribution >= 0.6 is 0 Å². The number of aliphatic hydroxyl groups is 1. The molecule has 0 fully saturated rings. The minimum absolute atomic E-state index is 0.0369. The number of carbonyl (C=O) groups excluding carboxylic acids is 4. The summed E-state index contributed by atoms with van der Waals surface area (Å²) < 4.78 is 0. The van der Waals surface area contributed by atoms with Gasteiger partial charge in [-0.3, -0.25) is 19.2 Å². The lowest BCUT2D eigenvalue weighted by atomic mass is 10.00. The molecule has 5 atom stereocenters. The van der Waals surface area contributed by atoms with Gasteiger partial charge in [-0.15, -0.1) is 0 Å². The molecule has 12 heteroatoms. The van der Waals surface area contributed by atoms with E-state index in [9.17, 15) is 34.2 Å². The number of carbonyl (C=O) groups is 5. The average molecular weight is 494 g/mol. The number of primary amides is 1. The zero-order valence-electron chi connectivity index (χ0n) is 20.1. The molecule has 1 aromatic carbocycles. The van der Waals surface area contributed by atoms with Crippen LogP contribution in [0.15, 0.2) is 30.3 Å². The van der Waals surface area contributed by atoms with Crippen LogP contribution in [0.5, 0.6) is 0 Å². The molecule has 0 aliphatic rings. The summed E-state index contributed by atoms with van der Waals surface area (Å²) in [5.74, 6) is -4.74. The molecule has 0 heterocycles. The molecule has 1 rings (SSSR count). The van der Waals surface area contributed by atoms with Gasteiger partial charge in [-0.1, -0.05) is 44.2 Å². The molecule has 5 unspecified atom stereocenters. The molecule has 0 spiro atoms. The Hall–Kier alpha value is -3.51. The number of carboxylic acids is 1. The van der Waals surface area contributed by atoms with Gasteiger partial charge in [-0.05, 0) is 24.8 Å². The number of hydrogen-bond donors (Lipinski definition) is 7. The number of amides is 4. The molecule has 9 N–H and O–H groups in total. The van der Waals surface area contributed by atoms with Crippen molar-refractivity contribution in [3.8, 4) is 0 Å². The molecule has 0 radical (unpaired) electrons. The van der Waals surface area contributed by atoms with Crippen molar-refractivity contribution in [2.75, 3.05) is 0 Å². The maximum absolute atomic E-state index is 12.9. The van der Waals surface area contributed by atoms with Crippen molar-refractivity contribution in [1.82, 2.24) is 16.0 Å². The van der Waals surface area contributed by atoms with Crippen molar-refractivity contribution >= 4 is 29.6 Å². The standard InChI is InChI=1S/C23H35N5O7/c1-12(2)19(22(33)27-16(23(34)35)11-14-7-5-4-6-8-14)28-20(31)15(9-10-17(24)30)26-21(32)18(25)13(3)29/h4-8,12-13,15-16,18-19,29H,9-11,25H2,1-3H3,(H2,24,30)(H,26,32)(H,27,33)(H,28,31)(H,34,35). The van der Waals surface area contributed by atoms with Gasteiger partial charge in [0, 0.05) is 12.8 Å². The maximum atomic E-state index is 12.9. The first kappa shape index (κ1) is 29.5. The highest BCUT2D eigenvalue weighted by Gasteiger charge is 2.32. The normalized spacial score (nSPS) is 15.3. The minimum atomic E-state index is -1.32. The number of nitrogens with one attached hydrogen (secondary N) is 3. The third-order valence-corrected chi connectivity index (χ3v) is 5.28. The number of carboxylic acid groups (broad SMARTS) is 1. The molecule has 0 saturated heterocycles. The van der Waals surface area contributed by atoms with Crippen LogP contribution in [0.25, 0.3) is 0 Å². The second-order valence-electron chi connectivity index (χ2n) is 8.65. The number of nitrogens with two attached hydrogens (primary N) is 2. The van der Waals surface area contributed by atoms with Crippen LogP contribution < -0.4 is 27.4 Å². The first-order valence-corrected chi connectivity index (χ1v) is 11.2. The summed E-state index contributed by atoms with van der Waals surface area (Å²) in [7, 11) is 0. The molecule has 0 saturated carbocycles. The molecule has 0 aromatic heterocycles. The summed E-state index contributed by atoms with van der Waals surface area (Å²) in [5.41, 5.74) is 11.5. The molecule has 194 valence electrons. The molecule has 0 aliphatic carbocycles. The lowest BCUT2D eigenvalue weighted by Gasteiger charge is -2.27. The van der Waals surface area contributed by atoms with Crippen molar-refractivity contribution < 1.29 is 34.2 Å². The quantitative estimate of drug-likeness (QED) is 0.160. The predicted molar refractivity (Wildman–Crippen MR) is 126 cm³/mol. The largest absolute Gasteiger partial charge is 0.480 e. The third-order valence-electron chi connectivity index (χ3n) is 5.28. The zero-order valence-corrected chi connectivity index (χ0v) is 20.1. The molecule has 35 heavy (non-hydrogen) atoms. The van der Waals surface area contributed by atoms with E-state index >= 15 is 0 Å². The Morgan fingerprint density at radius 2 is 1.46 bits per heavy atom. The van der Waals surface area contributed by atoms with Crippen molar-refractivity contribution in [1.29, 1.82) is 0 Å². The van der Waals surface area contributed by atoms with E-state index in [1.54, 1.807) is 44.2 Å². The highest BCUT2D eigenvalue weighted by atomic mass is 16.4. The molecular weight excluding hydrogens is 458 g/mol. The Morgan fingerprint density at radius 1 is 0.886 bits per heavy atom. The second-order valence-corrected chi connectivity index (χ2v) is 8.65. The van der Waals surface area contributed by atoms with Crippen molar-refractivity contribution in [2.24, 2.45) is 17.4 Å². The highest BCUT2D eigenvalue weighted by Crippen LogP contribution is 2.08. The van der Waals surface area contributed by atoms with E-state index in [0.29, 0.717) is 5.56 Å². The molecule has 4 amide bonds. The van der Waals surface area contributed by atoms with Crippen LogP contribution in [0.4, 0.5) is 0 Å². The summed E-state index contributed by atoms with van der Waals surface area (Å²) in [6, 6.07) is 3.77.